The summed E-state index contributed by atoms with van der Waals surface area (Å²) in [4.78, 5) is 12.5. The number of carbonyl (C=O) groups excluding carboxylic acids is 1. The third kappa shape index (κ3) is 3.90. The van der Waals surface area contributed by atoms with Gasteiger partial charge in [0.1, 0.15) is 5.75 Å². The Morgan fingerprint density at radius 3 is 2.48 bits per heavy atom. The number of amides is 1. The van der Waals surface area contributed by atoms with Gasteiger partial charge in [-0.1, -0.05) is 29.8 Å². The third-order valence-corrected chi connectivity index (χ3v) is 3.99. The highest BCUT2D eigenvalue weighted by atomic mass is 35.5. The van der Waals surface area contributed by atoms with Crippen molar-refractivity contribution >= 4 is 23.2 Å². The number of anilines is 1. The number of hydrogen-bond donors (Lipinski definition) is 1. The number of aromatic nitrogens is 2. The number of carbonyl (C=O) groups is 1. The van der Waals surface area contributed by atoms with Gasteiger partial charge in [-0.15, -0.1) is 0 Å². The highest BCUT2D eigenvalue weighted by Gasteiger charge is 2.40. The highest BCUT2D eigenvalue weighted by Crippen LogP contribution is 2.34. The Labute approximate surface area is 157 Å². The van der Waals surface area contributed by atoms with E-state index in [1.165, 1.54) is 37.4 Å². The topological polar surface area (TPSA) is 56.1 Å². The molecule has 0 spiro atoms. The minimum atomic E-state index is -4.78. The van der Waals surface area contributed by atoms with Crippen LogP contribution in [0.5, 0.6) is 5.75 Å². The van der Waals surface area contributed by atoms with Gasteiger partial charge in [-0.25, -0.2) is 4.68 Å². The summed E-state index contributed by atoms with van der Waals surface area (Å²) in [5, 5.41) is 6.36. The number of halogens is 4. The molecule has 0 aliphatic rings. The third-order valence-electron chi connectivity index (χ3n) is 3.69. The minimum absolute atomic E-state index is 0.191. The Morgan fingerprint density at radius 1 is 1.19 bits per heavy atom. The van der Waals surface area contributed by atoms with E-state index in [1.54, 1.807) is 18.2 Å². The first kappa shape index (κ1) is 18.8. The Morgan fingerprint density at radius 2 is 1.89 bits per heavy atom. The fraction of sp³-hybridized carbons (Fsp3) is 0.111. The predicted molar refractivity (Wildman–Crippen MR) is 94.5 cm³/mol. The molecule has 0 radical (unpaired) electrons. The Hall–Kier alpha value is -3.00. The number of nitrogens with one attached hydrogen (secondary N) is 1. The molecule has 0 bridgehead atoms. The van der Waals surface area contributed by atoms with Gasteiger partial charge in [0, 0.05) is 5.69 Å². The van der Waals surface area contributed by atoms with Gasteiger partial charge < -0.3 is 10.1 Å². The van der Waals surface area contributed by atoms with Crippen molar-refractivity contribution < 1.29 is 22.7 Å². The Kier molecular flexibility index (Phi) is 5.09. The molecular formula is C18H13ClF3N3O2. The molecule has 0 saturated carbocycles. The zero-order valence-electron chi connectivity index (χ0n) is 13.9. The lowest BCUT2D eigenvalue weighted by atomic mass is 10.2. The molecule has 27 heavy (non-hydrogen) atoms. The minimum Gasteiger partial charge on any atom is -0.495 e. The van der Waals surface area contributed by atoms with E-state index >= 15 is 0 Å². The van der Waals surface area contributed by atoms with Crippen molar-refractivity contribution in [3.05, 3.63) is 71.0 Å². The molecule has 2 aromatic carbocycles. The fourth-order valence-electron chi connectivity index (χ4n) is 2.49. The molecular weight excluding hydrogens is 383 g/mol. The molecule has 0 unspecified atom stereocenters. The SMILES string of the molecule is COc1ccc(NC(=O)c2cnn(-c3ccccc3)c2C(F)(F)F)cc1Cl. The molecule has 0 saturated heterocycles. The van der Waals surface area contributed by atoms with Gasteiger partial charge in [-0.05, 0) is 30.3 Å². The quantitative estimate of drug-likeness (QED) is 0.690. The first-order chi connectivity index (χ1) is 12.8. The zero-order valence-corrected chi connectivity index (χ0v) is 14.7. The van der Waals surface area contributed by atoms with Gasteiger partial charge in [-0.3, -0.25) is 4.79 Å². The number of hydrogen-bond acceptors (Lipinski definition) is 3. The first-order valence-electron chi connectivity index (χ1n) is 7.67. The van der Waals surface area contributed by atoms with Crippen molar-refractivity contribution in [1.29, 1.82) is 0 Å². The van der Waals surface area contributed by atoms with Crippen molar-refractivity contribution in [2.24, 2.45) is 0 Å². The molecule has 140 valence electrons. The van der Waals surface area contributed by atoms with E-state index in [0.717, 1.165) is 6.20 Å². The van der Waals surface area contributed by atoms with Crippen LogP contribution in [0.4, 0.5) is 18.9 Å². The number of nitrogens with zero attached hydrogens (tertiary/aromatic N) is 2. The fourth-order valence-corrected chi connectivity index (χ4v) is 2.75. The van der Waals surface area contributed by atoms with E-state index in [4.69, 9.17) is 16.3 Å². The normalized spacial score (nSPS) is 11.3. The van der Waals surface area contributed by atoms with Crippen LogP contribution in [0.3, 0.4) is 0 Å². The lowest BCUT2D eigenvalue weighted by Crippen LogP contribution is -2.20. The molecule has 3 aromatic rings. The van der Waals surface area contributed by atoms with Crippen molar-refractivity contribution in [1.82, 2.24) is 9.78 Å². The second-order valence-electron chi connectivity index (χ2n) is 5.46. The molecule has 0 fully saturated rings. The summed E-state index contributed by atoms with van der Waals surface area (Å²) in [6, 6.07) is 12.1. The largest absolute Gasteiger partial charge is 0.495 e. The van der Waals surface area contributed by atoms with E-state index in [-0.39, 0.29) is 16.4 Å². The van der Waals surface area contributed by atoms with E-state index in [9.17, 15) is 18.0 Å². The molecule has 0 aliphatic heterocycles. The standard InChI is InChI=1S/C18H13ClF3N3O2/c1-27-15-8-7-11(9-14(15)19)24-17(26)13-10-23-25(16(13)18(20,21)22)12-5-3-2-4-6-12/h2-10H,1H3,(H,24,26). The van der Waals surface area contributed by atoms with Crippen LogP contribution >= 0.6 is 11.6 Å². The summed E-state index contributed by atoms with van der Waals surface area (Å²) in [6.45, 7) is 0. The van der Waals surface area contributed by atoms with Crippen LogP contribution in [-0.4, -0.2) is 22.8 Å². The molecule has 0 aliphatic carbocycles. The smallest absolute Gasteiger partial charge is 0.434 e. The number of ether oxygens (including phenoxy) is 1. The molecule has 1 N–H and O–H groups in total. The first-order valence-corrected chi connectivity index (χ1v) is 8.04. The maximum Gasteiger partial charge on any atom is 0.434 e. The van der Waals surface area contributed by atoms with E-state index in [0.29, 0.717) is 10.4 Å². The van der Waals surface area contributed by atoms with Gasteiger partial charge in [0.15, 0.2) is 5.69 Å². The maximum absolute atomic E-state index is 13.6. The summed E-state index contributed by atoms with van der Waals surface area (Å²) in [6.07, 6.45) is -3.90. The highest BCUT2D eigenvalue weighted by molar-refractivity contribution is 6.32. The molecule has 1 amide bonds. The van der Waals surface area contributed by atoms with Crippen LogP contribution in [0, 0.1) is 0 Å². The van der Waals surface area contributed by atoms with Crippen molar-refractivity contribution in [2.45, 2.75) is 6.18 Å². The van der Waals surface area contributed by atoms with E-state index < -0.39 is 23.3 Å². The molecule has 0 atom stereocenters. The molecule has 9 heteroatoms. The number of alkyl halides is 3. The Bertz CT molecular complexity index is 972. The monoisotopic (exact) mass is 395 g/mol. The second kappa shape index (κ2) is 7.32. The zero-order chi connectivity index (χ0) is 19.6. The summed E-state index contributed by atoms with van der Waals surface area (Å²) >= 11 is 5.97. The van der Waals surface area contributed by atoms with E-state index in [1.807, 2.05) is 0 Å². The molecule has 5 nitrogen and oxygen atoms in total. The second-order valence-corrected chi connectivity index (χ2v) is 5.86. The van der Waals surface area contributed by atoms with Crippen LogP contribution in [0.1, 0.15) is 16.1 Å². The van der Waals surface area contributed by atoms with Gasteiger partial charge in [0.25, 0.3) is 5.91 Å². The van der Waals surface area contributed by atoms with Gasteiger partial charge >= 0.3 is 6.18 Å². The summed E-state index contributed by atoms with van der Waals surface area (Å²) in [5.74, 6) is -0.576. The van der Waals surface area contributed by atoms with Crippen LogP contribution in [0.2, 0.25) is 5.02 Å². The number of methoxy groups -OCH3 is 1. The summed E-state index contributed by atoms with van der Waals surface area (Å²) in [7, 11) is 1.42. The van der Waals surface area contributed by atoms with Crippen LogP contribution in [0.15, 0.2) is 54.7 Å². The molecule has 1 heterocycles. The summed E-state index contributed by atoms with van der Waals surface area (Å²) in [5.41, 5.74) is -1.34. The van der Waals surface area contributed by atoms with Crippen molar-refractivity contribution in [2.75, 3.05) is 12.4 Å². The van der Waals surface area contributed by atoms with Crippen molar-refractivity contribution in [3.8, 4) is 11.4 Å². The number of benzene rings is 2. The van der Waals surface area contributed by atoms with Gasteiger partial charge in [-0.2, -0.15) is 18.3 Å². The number of rotatable bonds is 4. The maximum atomic E-state index is 13.6. The predicted octanol–water partition coefficient (Wildman–Crippen LogP) is 4.81. The lowest BCUT2D eigenvalue weighted by molar-refractivity contribution is -0.143. The van der Waals surface area contributed by atoms with Crippen molar-refractivity contribution in [3.63, 3.8) is 0 Å². The lowest BCUT2D eigenvalue weighted by Gasteiger charge is -2.13. The van der Waals surface area contributed by atoms with Gasteiger partial charge in [0.2, 0.25) is 0 Å². The van der Waals surface area contributed by atoms with Gasteiger partial charge in [0.05, 0.1) is 29.6 Å². The van der Waals surface area contributed by atoms with Crippen LogP contribution in [0.25, 0.3) is 5.69 Å². The molecule has 1 aromatic heterocycles. The molecule has 3 rings (SSSR count). The van der Waals surface area contributed by atoms with Crippen LogP contribution in [-0.2, 0) is 6.18 Å². The average Bonchev–Trinajstić information content (AvgIpc) is 3.08. The summed E-state index contributed by atoms with van der Waals surface area (Å²) < 4.78 is 46.5. The number of para-hydroxylation sites is 1. The van der Waals surface area contributed by atoms with E-state index in [2.05, 4.69) is 10.4 Å². The Balaban J connectivity index is 1.98. The van der Waals surface area contributed by atoms with Crippen LogP contribution < -0.4 is 10.1 Å². The average molecular weight is 396 g/mol.